The molecule has 0 atom stereocenters. The molecule has 0 radical (unpaired) electrons. The molecule has 1 aliphatic heterocycles. The van der Waals surface area contributed by atoms with Crippen molar-refractivity contribution in [1.29, 1.82) is 0 Å². The van der Waals surface area contributed by atoms with Gasteiger partial charge < -0.3 is 9.88 Å². The molecule has 3 nitrogen and oxygen atoms in total. The molecule has 1 aromatic heterocycles. The average Bonchev–Trinajstić information content (AvgIpc) is 2.88. The third-order valence-electron chi connectivity index (χ3n) is 3.56. The van der Waals surface area contributed by atoms with E-state index < -0.39 is 0 Å². The lowest BCUT2D eigenvalue weighted by atomic mass is 10.1. The maximum atomic E-state index is 4.31. The van der Waals surface area contributed by atoms with Crippen LogP contribution >= 0.6 is 0 Å². The van der Waals surface area contributed by atoms with Crippen LogP contribution in [0.3, 0.4) is 0 Å². The summed E-state index contributed by atoms with van der Waals surface area (Å²) in [5.74, 6) is 0. The van der Waals surface area contributed by atoms with E-state index in [9.17, 15) is 0 Å². The first-order valence-electron chi connectivity index (χ1n) is 6.79. The van der Waals surface area contributed by atoms with Crippen LogP contribution in [0.15, 0.2) is 48.4 Å². The summed E-state index contributed by atoms with van der Waals surface area (Å²) >= 11 is 0. The lowest BCUT2D eigenvalue weighted by Crippen LogP contribution is -2.22. The third kappa shape index (κ3) is 2.76. The molecule has 0 fully saturated rings. The fraction of sp³-hybridized carbons (Fsp3) is 0.312. The summed E-state index contributed by atoms with van der Waals surface area (Å²) in [6, 6.07) is 8.59. The number of aryl methyl sites for hydroxylation is 1. The SMILES string of the molecule is Cc1cccc(-c2cncn2CC2=CCNCC2)c1. The first-order chi connectivity index (χ1) is 9.33. The molecule has 98 valence electrons. The van der Waals surface area contributed by atoms with Gasteiger partial charge in [0.25, 0.3) is 0 Å². The van der Waals surface area contributed by atoms with Crippen molar-refractivity contribution in [2.24, 2.45) is 0 Å². The quantitative estimate of drug-likeness (QED) is 0.852. The van der Waals surface area contributed by atoms with Crippen LogP contribution in [0.5, 0.6) is 0 Å². The number of aromatic nitrogens is 2. The van der Waals surface area contributed by atoms with E-state index in [0.717, 1.165) is 26.1 Å². The monoisotopic (exact) mass is 253 g/mol. The standard InChI is InChI=1S/C16H19N3/c1-13-3-2-4-15(9-13)16-10-18-12-19(16)11-14-5-7-17-8-6-14/h2-5,9-10,12,17H,6-8,11H2,1H3. The van der Waals surface area contributed by atoms with E-state index >= 15 is 0 Å². The molecule has 0 amide bonds. The maximum absolute atomic E-state index is 4.31. The highest BCUT2D eigenvalue weighted by atomic mass is 15.0. The molecule has 1 N–H and O–H groups in total. The van der Waals surface area contributed by atoms with E-state index in [-0.39, 0.29) is 0 Å². The van der Waals surface area contributed by atoms with Crippen LogP contribution in [-0.2, 0) is 6.54 Å². The summed E-state index contributed by atoms with van der Waals surface area (Å²) in [5, 5.41) is 3.35. The summed E-state index contributed by atoms with van der Waals surface area (Å²) in [6.45, 7) is 5.15. The van der Waals surface area contributed by atoms with Gasteiger partial charge in [-0.3, -0.25) is 0 Å². The van der Waals surface area contributed by atoms with Gasteiger partial charge in [0.1, 0.15) is 0 Å². The van der Waals surface area contributed by atoms with Crippen molar-refractivity contribution < 1.29 is 0 Å². The second-order valence-electron chi connectivity index (χ2n) is 5.09. The second-order valence-corrected chi connectivity index (χ2v) is 5.09. The fourth-order valence-corrected chi connectivity index (χ4v) is 2.52. The molecule has 3 rings (SSSR count). The number of imidazole rings is 1. The van der Waals surface area contributed by atoms with E-state index in [2.05, 4.69) is 52.1 Å². The second kappa shape index (κ2) is 5.41. The Bertz CT molecular complexity index is 596. The molecule has 3 heteroatoms. The van der Waals surface area contributed by atoms with Crippen LogP contribution in [0, 0.1) is 6.92 Å². The number of hydrogen-bond donors (Lipinski definition) is 1. The molecule has 2 aromatic rings. The highest BCUT2D eigenvalue weighted by Crippen LogP contribution is 2.21. The van der Waals surface area contributed by atoms with E-state index in [0.29, 0.717) is 0 Å². The first kappa shape index (κ1) is 12.2. The summed E-state index contributed by atoms with van der Waals surface area (Å²) in [4.78, 5) is 4.31. The number of benzene rings is 1. The van der Waals surface area contributed by atoms with Crippen molar-refractivity contribution in [2.45, 2.75) is 19.9 Å². The van der Waals surface area contributed by atoms with Gasteiger partial charge >= 0.3 is 0 Å². The van der Waals surface area contributed by atoms with Gasteiger partial charge in [-0.1, -0.05) is 35.4 Å². The van der Waals surface area contributed by atoms with E-state index in [1.807, 2.05) is 12.5 Å². The largest absolute Gasteiger partial charge is 0.326 e. The lowest BCUT2D eigenvalue weighted by molar-refractivity contribution is 0.652. The Morgan fingerprint density at radius 3 is 3.11 bits per heavy atom. The van der Waals surface area contributed by atoms with Crippen LogP contribution in [-0.4, -0.2) is 22.6 Å². The lowest BCUT2D eigenvalue weighted by Gasteiger charge is -2.16. The molecule has 0 saturated heterocycles. The number of rotatable bonds is 3. The minimum absolute atomic E-state index is 0.949. The van der Waals surface area contributed by atoms with Crippen molar-refractivity contribution in [3.63, 3.8) is 0 Å². The zero-order valence-corrected chi connectivity index (χ0v) is 11.3. The summed E-state index contributed by atoms with van der Waals surface area (Å²) in [7, 11) is 0. The van der Waals surface area contributed by atoms with Crippen LogP contribution in [0.25, 0.3) is 11.3 Å². The highest BCUT2D eigenvalue weighted by Gasteiger charge is 2.08. The summed E-state index contributed by atoms with van der Waals surface area (Å²) < 4.78 is 2.24. The number of hydrogen-bond acceptors (Lipinski definition) is 2. The van der Waals surface area contributed by atoms with Crippen molar-refractivity contribution in [1.82, 2.24) is 14.9 Å². The van der Waals surface area contributed by atoms with Crippen molar-refractivity contribution >= 4 is 0 Å². The van der Waals surface area contributed by atoms with Gasteiger partial charge in [0, 0.05) is 18.7 Å². The molecule has 19 heavy (non-hydrogen) atoms. The van der Waals surface area contributed by atoms with Gasteiger partial charge in [-0.25, -0.2) is 4.98 Å². The summed E-state index contributed by atoms with van der Waals surface area (Å²) in [6.07, 6.45) is 7.31. The Balaban J connectivity index is 1.88. The zero-order valence-electron chi connectivity index (χ0n) is 11.3. The third-order valence-corrected chi connectivity index (χ3v) is 3.56. The normalized spacial score (nSPS) is 15.3. The molecule has 1 aromatic carbocycles. The van der Waals surface area contributed by atoms with Crippen molar-refractivity contribution in [2.75, 3.05) is 13.1 Å². The van der Waals surface area contributed by atoms with Crippen LogP contribution < -0.4 is 5.32 Å². The van der Waals surface area contributed by atoms with E-state index in [4.69, 9.17) is 0 Å². The Hall–Kier alpha value is -1.87. The minimum atomic E-state index is 0.949. The molecule has 0 aliphatic carbocycles. The van der Waals surface area contributed by atoms with Gasteiger partial charge in [-0.2, -0.15) is 0 Å². The van der Waals surface area contributed by atoms with Crippen molar-refractivity contribution in [3.05, 3.63) is 54.0 Å². The van der Waals surface area contributed by atoms with E-state index in [1.54, 1.807) is 0 Å². The van der Waals surface area contributed by atoms with Gasteiger partial charge in [0.05, 0.1) is 18.2 Å². The number of nitrogens with one attached hydrogen (secondary N) is 1. The van der Waals surface area contributed by atoms with Crippen LogP contribution in [0.2, 0.25) is 0 Å². The Labute approximate surface area is 114 Å². The maximum Gasteiger partial charge on any atom is 0.0954 e. The molecule has 0 saturated carbocycles. The molecule has 0 spiro atoms. The van der Waals surface area contributed by atoms with Gasteiger partial charge in [-0.15, -0.1) is 0 Å². The molecule has 1 aliphatic rings. The molecule has 2 heterocycles. The van der Waals surface area contributed by atoms with Gasteiger partial charge in [0.15, 0.2) is 0 Å². The molecular weight excluding hydrogens is 234 g/mol. The van der Waals surface area contributed by atoms with Gasteiger partial charge in [0.2, 0.25) is 0 Å². The first-order valence-corrected chi connectivity index (χ1v) is 6.79. The van der Waals surface area contributed by atoms with E-state index in [1.165, 1.54) is 22.4 Å². The van der Waals surface area contributed by atoms with Crippen LogP contribution in [0.4, 0.5) is 0 Å². The zero-order chi connectivity index (χ0) is 13.1. The van der Waals surface area contributed by atoms with Crippen LogP contribution in [0.1, 0.15) is 12.0 Å². The molecule has 0 bridgehead atoms. The smallest absolute Gasteiger partial charge is 0.0954 e. The average molecular weight is 253 g/mol. The topological polar surface area (TPSA) is 29.9 Å². The number of nitrogens with zero attached hydrogens (tertiary/aromatic N) is 2. The molecular formula is C16H19N3. The predicted molar refractivity (Wildman–Crippen MR) is 78.0 cm³/mol. The predicted octanol–water partition coefficient (Wildman–Crippen LogP) is 2.78. The Morgan fingerprint density at radius 1 is 1.37 bits per heavy atom. The summed E-state index contributed by atoms with van der Waals surface area (Å²) in [5.41, 5.74) is 5.21. The Kier molecular flexibility index (Phi) is 3.47. The Morgan fingerprint density at radius 2 is 2.32 bits per heavy atom. The highest BCUT2D eigenvalue weighted by molar-refractivity contribution is 5.59. The van der Waals surface area contributed by atoms with Gasteiger partial charge in [-0.05, 0) is 26.0 Å². The minimum Gasteiger partial charge on any atom is -0.326 e. The molecule has 0 unspecified atom stereocenters. The van der Waals surface area contributed by atoms with Crippen molar-refractivity contribution in [3.8, 4) is 11.3 Å². The fourth-order valence-electron chi connectivity index (χ4n) is 2.52.